The third-order valence-electron chi connectivity index (χ3n) is 4.44. The van der Waals surface area contributed by atoms with E-state index in [2.05, 4.69) is 5.32 Å². The maximum Gasteiger partial charge on any atom is 0.242 e. The van der Waals surface area contributed by atoms with Gasteiger partial charge in [-0.05, 0) is 48.7 Å². The zero-order chi connectivity index (χ0) is 22.1. The molecule has 0 heterocycles. The molecule has 0 aliphatic rings. The summed E-state index contributed by atoms with van der Waals surface area (Å²) in [5, 5.41) is 4.45. The normalized spacial score (nSPS) is 11.8. The topological polar surface area (TPSA) is 49.4 Å². The van der Waals surface area contributed by atoms with Gasteiger partial charge >= 0.3 is 0 Å². The van der Waals surface area contributed by atoms with Crippen LogP contribution < -0.4 is 5.32 Å². The molecule has 4 nitrogen and oxygen atoms in total. The van der Waals surface area contributed by atoms with Gasteiger partial charge in [0.2, 0.25) is 11.8 Å². The third kappa shape index (κ3) is 7.69. The van der Waals surface area contributed by atoms with Crippen LogP contribution in [0.1, 0.15) is 31.4 Å². The number of hydrogen-bond acceptors (Lipinski definition) is 3. The first-order valence-electron chi connectivity index (χ1n) is 9.65. The quantitative estimate of drug-likeness (QED) is 0.459. The number of carbonyl (C=O) groups excluding carboxylic acids is 2. The van der Waals surface area contributed by atoms with Crippen LogP contribution in [-0.4, -0.2) is 35.1 Å². The highest BCUT2D eigenvalue weighted by Crippen LogP contribution is 2.25. The Kier molecular flexibility index (Phi) is 10.3. The van der Waals surface area contributed by atoms with E-state index in [1.54, 1.807) is 36.1 Å². The molecule has 8 heteroatoms. The van der Waals surface area contributed by atoms with Crippen LogP contribution in [0.25, 0.3) is 0 Å². The monoisotopic (exact) mass is 486 g/mol. The Labute approximate surface area is 197 Å². The first-order chi connectivity index (χ1) is 14.3. The maximum atomic E-state index is 13.0. The van der Waals surface area contributed by atoms with E-state index in [4.69, 9.17) is 34.8 Å². The van der Waals surface area contributed by atoms with Gasteiger partial charge in [-0.3, -0.25) is 9.59 Å². The van der Waals surface area contributed by atoms with Gasteiger partial charge in [-0.15, -0.1) is 11.8 Å². The van der Waals surface area contributed by atoms with E-state index in [0.717, 1.165) is 17.5 Å². The van der Waals surface area contributed by atoms with Gasteiger partial charge in [-0.1, -0.05) is 59.9 Å². The summed E-state index contributed by atoms with van der Waals surface area (Å²) in [6.45, 7) is 4.62. The number of benzene rings is 2. The van der Waals surface area contributed by atoms with E-state index in [1.807, 2.05) is 25.1 Å². The molecule has 0 spiro atoms. The van der Waals surface area contributed by atoms with Crippen molar-refractivity contribution in [2.75, 3.05) is 12.3 Å². The summed E-state index contributed by atoms with van der Waals surface area (Å²) < 4.78 is 0. The van der Waals surface area contributed by atoms with Crippen LogP contribution in [0.3, 0.4) is 0 Å². The van der Waals surface area contributed by atoms with Crippen molar-refractivity contribution in [3.8, 4) is 0 Å². The van der Waals surface area contributed by atoms with E-state index in [0.29, 0.717) is 33.9 Å². The molecular weight excluding hydrogens is 463 g/mol. The first-order valence-corrected chi connectivity index (χ1v) is 11.9. The number of hydrogen-bond donors (Lipinski definition) is 1. The lowest BCUT2D eigenvalue weighted by molar-refractivity contribution is -0.138. The number of carbonyl (C=O) groups is 2. The second kappa shape index (κ2) is 12.5. The molecule has 0 aliphatic heterocycles. The highest BCUT2D eigenvalue weighted by atomic mass is 35.5. The van der Waals surface area contributed by atoms with Crippen LogP contribution in [0, 0.1) is 0 Å². The predicted molar refractivity (Wildman–Crippen MR) is 127 cm³/mol. The van der Waals surface area contributed by atoms with Crippen molar-refractivity contribution in [2.24, 2.45) is 0 Å². The number of rotatable bonds is 10. The molecule has 2 aromatic rings. The Bertz CT molecular complexity index is 879. The van der Waals surface area contributed by atoms with Crippen molar-refractivity contribution in [3.63, 3.8) is 0 Å². The predicted octanol–water partition coefficient (Wildman–Crippen LogP) is 5.82. The third-order valence-corrected chi connectivity index (χ3v) is 6.40. The lowest BCUT2D eigenvalue weighted by Crippen LogP contribution is -2.48. The Morgan fingerprint density at radius 2 is 1.83 bits per heavy atom. The van der Waals surface area contributed by atoms with Gasteiger partial charge in [0.05, 0.1) is 15.8 Å². The standard InChI is InChI=1S/C22H25Cl3N2O2S/c1-3-9-26-22(29)15(2)27(12-16-5-4-6-18(23)10-16)21(28)14-30-13-17-7-8-19(24)20(25)11-17/h4-8,10-11,15H,3,9,12-14H2,1-2H3,(H,26,29)/t15-/m1/s1. The highest BCUT2D eigenvalue weighted by Gasteiger charge is 2.25. The van der Waals surface area contributed by atoms with Gasteiger partial charge < -0.3 is 10.2 Å². The summed E-state index contributed by atoms with van der Waals surface area (Å²) in [5.41, 5.74) is 1.86. The summed E-state index contributed by atoms with van der Waals surface area (Å²) in [6, 6.07) is 12.2. The molecule has 0 radical (unpaired) electrons. The molecule has 0 saturated carbocycles. The molecule has 0 fully saturated rings. The minimum atomic E-state index is -0.589. The molecule has 1 atom stereocenters. The second-order valence-corrected chi connectivity index (χ2v) is 9.10. The summed E-state index contributed by atoms with van der Waals surface area (Å²) >= 11 is 19.6. The Balaban J connectivity index is 2.06. The van der Waals surface area contributed by atoms with Crippen molar-refractivity contribution < 1.29 is 9.59 Å². The van der Waals surface area contributed by atoms with Crippen molar-refractivity contribution in [2.45, 2.75) is 38.6 Å². The van der Waals surface area contributed by atoms with E-state index < -0.39 is 6.04 Å². The molecule has 0 unspecified atom stereocenters. The lowest BCUT2D eigenvalue weighted by atomic mass is 10.1. The van der Waals surface area contributed by atoms with Gasteiger partial charge in [0.15, 0.2) is 0 Å². The number of nitrogens with one attached hydrogen (secondary N) is 1. The lowest BCUT2D eigenvalue weighted by Gasteiger charge is -2.28. The largest absolute Gasteiger partial charge is 0.354 e. The van der Waals surface area contributed by atoms with Crippen LogP contribution in [0.2, 0.25) is 15.1 Å². The smallest absolute Gasteiger partial charge is 0.242 e. The molecule has 0 bridgehead atoms. The number of amides is 2. The molecule has 0 aromatic heterocycles. The second-order valence-electron chi connectivity index (χ2n) is 6.86. The van der Waals surface area contributed by atoms with Crippen LogP contribution in [0.4, 0.5) is 0 Å². The van der Waals surface area contributed by atoms with Crippen LogP contribution in [0.15, 0.2) is 42.5 Å². The minimum absolute atomic E-state index is 0.112. The fourth-order valence-electron chi connectivity index (χ4n) is 2.78. The Morgan fingerprint density at radius 3 is 2.50 bits per heavy atom. The van der Waals surface area contributed by atoms with Gasteiger partial charge in [0.25, 0.3) is 0 Å². The first kappa shape index (κ1) is 24.9. The highest BCUT2D eigenvalue weighted by molar-refractivity contribution is 7.99. The minimum Gasteiger partial charge on any atom is -0.354 e. The zero-order valence-electron chi connectivity index (χ0n) is 17.0. The van der Waals surface area contributed by atoms with E-state index >= 15 is 0 Å². The Morgan fingerprint density at radius 1 is 1.07 bits per heavy atom. The molecule has 0 aliphatic carbocycles. The van der Waals surface area contributed by atoms with Crippen molar-refractivity contribution in [1.82, 2.24) is 10.2 Å². The molecular formula is C22H25Cl3N2O2S. The van der Waals surface area contributed by atoms with Crippen LogP contribution in [-0.2, 0) is 21.9 Å². The average molecular weight is 488 g/mol. The van der Waals surface area contributed by atoms with E-state index in [9.17, 15) is 9.59 Å². The number of halogens is 3. The summed E-state index contributed by atoms with van der Waals surface area (Å²) in [6.07, 6.45) is 0.834. The summed E-state index contributed by atoms with van der Waals surface area (Å²) in [4.78, 5) is 27.1. The van der Waals surface area contributed by atoms with Crippen molar-refractivity contribution in [3.05, 3.63) is 68.7 Å². The Hall–Kier alpha value is -1.40. The van der Waals surface area contributed by atoms with Crippen molar-refractivity contribution >= 4 is 58.4 Å². The van der Waals surface area contributed by atoms with Crippen LogP contribution in [0.5, 0.6) is 0 Å². The van der Waals surface area contributed by atoms with Gasteiger partial charge in [-0.2, -0.15) is 0 Å². The average Bonchev–Trinajstić information content (AvgIpc) is 2.72. The SMILES string of the molecule is CCCNC(=O)[C@@H](C)N(Cc1cccc(Cl)c1)C(=O)CSCc1ccc(Cl)c(Cl)c1. The number of nitrogens with zero attached hydrogens (tertiary/aromatic N) is 1. The molecule has 162 valence electrons. The van der Waals surface area contributed by atoms with Crippen LogP contribution >= 0.6 is 46.6 Å². The fourth-order valence-corrected chi connectivity index (χ4v) is 4.17. The molecule has 2 rings (SSSR count). The van der Waals surface area contributed by atoms with E-state index in [1.165, 1.54) is 11.8 Å². The molecule has 2 aromatic carbocycles. The summed E-state index contributed by atoms with van der Waals surface area (Å²) in [7, 11) is 0. The molecule has 0 saturated heterocycles. The molecule has 30 heavy (non-hydrogen) atoms. The fraction of sp³-hybridized carbons (Fsp3) is 0.364. The van der Waals surface area contributed by atoms with Gasteiger partial charge in [-0.25, -0.2) is 0 Å². The summed E-state index contributed by atoms with van der Waals surface area (Å²) in [5.74, 6) is 0.580. The zero-order valence-corrected chi connectivity index (χ0v) is 20.0. The maximum absolute atomic E-state index is 13.0. The molecule has 1 N–H and O–H groups in total. The molecule has 2 amide bonds. The van der Waals surface area contributed by atoms with Gasteiger partial charge in [0, 0.05) is 23.9 Å². The van der Waals surface area contributed by atoms with Gasteiger partial charge in [0.1, 0.15) is 6.04 Å². The van der Waals surface area contributed by atoms with E-state index in [-0.39, 0.29) is 17.6 Å². The van der Waals surface area contributed by atoms with Crippen molar-refractivity contribution in [1.29, 1.82) is 0 Å². The number of thioether (sulfide) groups is 1.